The Balaban J connectivity index is 2.49. The minimum Gasteiger partial charge on any atom is -0.246 e. The number of nitriles is 1. The van der Waals surface area contributed by atoms with Gasteiger partial charge in [0.2, 0.25) is 0 Å². The number of thiazole rings is 1. The summed E-state index contributed by atoms with van der Waals surface area (Å²) in [5.41, 5.74) is 1.07. The summed E-state index contributed by atoms with van der Waals surface area (Å²) < 4.78 is 0. The Morgan fingerprint density at radius 2 is 2.38 bits per heavy atom. The molecule has 0 saturated carbocycles. The third-order valence-electron chi connectivity index (χ3n) is 1.68. The van der Waals surface area contributed by atoms with Crippen LogP contribution < -0.4 is 0 Å². The lowest BCUT2D eigenvalue weighted by Crippen LogP contribution is -1.93. The lowest BCUT2D eigenvalue weighted by atomic mass is 10.1. The van der Waals surface area contributed by atoms with Gasteiger partial charge < -0.3 is 0 Å². The van der Waals surface area contributed by atoms with Gasteiger partial charge in [-0.3, -0.25) is 0 Å². The van der Waals surface area contributed by atoms with Crippen LogP contribution in [-0.2, 0) is 12.8 Å². The number of nitrogens with zero attached hydrogens (tertiary/aromatic N) is 2. The maximum Gasteiger partial charge on any atom is 0.0930 e. The van der Waals surface area contributed by atoms with Crippen molar-refractivity contribution in [3.63, 3.8) is 0 Å². The zero-order valence-electron chi connectivity index (χ0n) is 8.08. The van der Waals surface area contributed by atoms with E-state index in [1.54, 1.807) is 11.3 Å². The summed E-state index contributed by atoms with van der Waals surface area (Å²) in [6.07, 6.45) is 2.42. The highest BCUT2D eigenvalue weighted by Gasteiger charge is 2.03. The molecule has 1 rings (SSSR count). The first-order valence-electron chi connectivity index (χ1n) is 4.52. The number of rotatable bonds is 4. The lowest BCUT2D eigenvalue weighted by Gasteiger charge is -1.98. The first kappa shape index (κ1) is 10.2. The van der Waals surface area contributed by atoms with Crippen LogP contribution in [0.15, 0.2) is 5.38 Å². The number of hydrogen-bond donors (Lipinski definition) is 0. The molecule has 70 valence electrons. The van der Waals surface area contributed by atoms with Gasteiger partial charge in [-0.1, -0.05) is 13.8 Å². The molecule has 3 heteroatoms. The molecule has 0 radical (unpaired) electrons. The quantitative estimate of drug-likeness (QED) is 0.739. The minimum atomic E-state index is 0.574. The molecule has 13 heavy (non-hydrogen) atoms. The molecule has 0 saturated heterocycles. The molecule has 0 fully saturated rings. The zero-order chi connectivity index (χ0) is 9.68. The van der Waals surface area contributed by atoms with Crippen LogP contribution in [0.25, 0.3) is 0 Å². The van der Waals surface area contributed by atoms with E-state index >= 15 is 0 Å². The fourth-order valence-electron chi connectivity index (χ4n) is 1.09. The fourth-order valence-corrected chi connectivity index (χ4v) is 2.13. The molecule has 0 aliphatic carbocycles. The summed E-state index contributed by atoms with van der Waals surface area (Å²) in [6, 6.07) is 2.13. The largest absolute Gasteiger partial charge is 0.246 e. The Bertz CT molecular complexity index is 296. The monoisotopic (exact) mass is 194 g/mol. The number of aromatic nitrogens is 1. The second-order valence-electron chi connectivity index (χ2n) is 3.49. The van der Waals surface area contributed by atoms with Gasteiger partial charge in [0.25, 0.3) is 0 Å². The van der Waals surface area contributed by atoms with Crippen molar-refractivity contribution < 1.29 is 0 Å². The highest BCUT2D eigenvalue weighted by atomic mass is 32.1. The van der Waals surface area contributed by atoms with E-state index in [2.05, 4.69) is 30.3 Å². The number of hydrogen-bond acceptors (Lipinski definition) is 3. The summed E-state index contributed by atoms with van der Waals surface area (Å²) >= 11 is 1.71. The SMILES string of the molecule is CC(C)Cc1nc(CCC#N)cs1. The average molecular weight is 194 g/mol. The first-order valence-corrected chi connectivity index (χ1v) is 5.40. The minimum absolute atomic E-state index is 0.574. The van der Waals surface area contributed by atoms with Gasteiger partial charge in [-0.05, 0) is 5.92 Å². The Morgan fingerprint density at radius 3 is 3.00 bits per heavy atom. The number of aryl methyl sites for hydroxylation is 1. The van der Waals surface area contributed by atoms with E-state index in [1.807, 2.05) is 0 Å². The van der Waals surface area contributed by atoms with E-state index in [0.29, 0.717) is 12.3 Å². The summed E-state index contributed by atoms with van der Waals surface area (Å²) in [5, 5.41) is 11.7. The molecule has 0 spiro atoms. The Kier molecular flexibility index (Phi) is 3.91. The van der Waals surface area contributed by atoms with Gasteiger partial charge >= 0.3 is 0 Å². The molecule has 0 aliphatic heterocycles. The van der Waals surface area contributed by atoms with Gasteiger partial charge in [-0.2, -0.15) is 5.26 Å². The van der Waals surface area contributed by atoms with E-state index in [0.717, 1.165) is 18.5 Å². The van der Waals surface area contributed by atoms with Gasteiger partial charge in [0.1, 0.15) is 0 Å². The van der Waals surface area contributed by atoms with Crippen LogP contribution in [0.2, 0.25) is 0 Å². The molecular weight excluding hydrogens is 180 g/mol. The Morgan fingerprint density at radius 1 is 1.62 bits per heavy atom. The highest BCUT2D eigenvalue weighted by Crippen LogP contribution is 2.14. The van der Waals surface area contributed by atoms with Crippen LogP contribution in [0.1, 0.15) is 31.0 Å². The smallest absolute Gasteiger partial charge is 0.0930 e. The topological polar surface area (TPSA) is 36.7 Å². The van der Waals surface area contributed by atoms with Crippen LogP contribution in [0.3, 0.4) is 0 Å². The molecule has 1 aromatic heterocycles. The van der Waals surface area contributed by atoms with Crippen LogP contribution in [0, 0.1) is 17.2 Å². The third kappa shape index (κ3) is 3.56. The van der Waals surface area contributed by atoms with Crippen molar-refractivity contribution in [2.24, 2.45) is 5.92 Å². The second kappa shape index (κ2) is 4.98. The molecule has 1 aromatic rings. The molecule has 0 N–H and O–H groups in total. The molecular formula is C10H14N2S. The maximum absolute atomic E-state index is 8.41. The summed E-state index contributed by atoms with van der Waals surface area (Å²) in [4.78, 5) is 4.46. The molecule has 0 atom stereocenters. The van der Waals surface area contributed by atoms with Crippen molar-refractivity contribution in [3.05, 3.63) is 16.1 Å². The molecule has 0 aromatic carbocycles. The molecule has 1 heterocycles. The van der Waals surface area contributed by atoms with Crippen molar-refractivity contribution >= 4 is 11.3 Å². The average Bonchev–Trinajstić information content (AvgIpc) is 2.48. The highest BCUT2D eigenvalue weighted by molar-refractivity contribution is 7.09. The molecule has 0 bridgehead atoms. The molecule has 0 amide bonds. The third-order valence-corrected chi connectivity index (χ3v) is 2.60. The van der Waals surface area contributed by atoms with Crippen LogP contribution in [0.5, 0.6) is 0 Å². The zero-order valence-corrected chi connectivity index (χ0v) is 8.90. The van der Waals surface area contributed by atoms with Crippen molar-refractivity contribution in [2.45, 2.75) is 33.1 Å². The van der Waals surface area contributed by atoms with Crippen molar-refractivity contribution in [1.82, 2.24) is 4.98 Å². The van der Waals surface area contributed by atoms with Crippen molar-refractivity contribution in [3.8, 4) is 6.07 Å². The Hall–Kier alpha value is -0.880. The molecule has 0 unspecified atom stereocenters. The van der Waals surface area contributed by atoms with Gasteiger partial charge in [-0.25, -0.2) is 4.98 Å². The predicted molar refractivity (Wildman–Crippen MR) is 54.6 cm³/mol. The van der Waals surface area contributed by atoms with E-state index in [9.17, 15) is 0 Å². The predicted octanol–water partition coefficient (Wildman–Crippen LogP) is 2.80. The van der Waals surface area contributed by atoms with E-state index in [4.69, 9.17) is 5.26 Å². The van der Waals surface area contributed by atoms with Crippen LogP contribution in [0.4, 0.5) is 0 Å². The fraction of sp³-hybridized carbons (Fsp3) is 0.600. The Labute approximate surface area is 83.2 Å². The normalized spacial score (nSPS) is 10.3. The van der Waals surface area contributed by atoms with Crippen LogP contribution in [-0.4, -0.2) is 4.98 Å². The van der Waals surface area contributed by atoms with Crippen molar-refractivity contribution in [1.29, 1.82) is 5.26 Å². The summed E-state index contributed by atoms with van der Waals surface area (Å²) in [6.45, 7) is 4.38. The van der Waals surface area contributed by atoms with Gasteiger partial charge in [0.05, 0.1) is 16.8 Å². The van der Waals surface area contributed by atoms with E-state index < -0.39 is 0 Å². The van der Waals surface area contributed by atoms with E-state index in [1.165, 1.54) is 5.01 Å². The van der Waals surface area contributed by atoms with Crippen LogP contribution >= 0.6 is 11.3 Å². The second-order valence-corrected chi connectivity index (χ2v) is 4.43. The standard InChI is InChI=1S/C10H14N2S/c1-8(2)6-10-12-9(7-13-10)4-3-5-11/h7-8H,3-4,6H2,1-2H3. The maximum atomic E-state index is 8.41. The van der Waals surface area contributed by atoms with Gasteiger partial charge in [-0.15, -0.1) is 11.3 Å². The summed E-state index contributed by atoms with van der Waals surface area (Å²) in [7, 11) is 0. The van der Waals surface area contributed by atoms with Crippen molar-refractivity contribution in [2.75, 3.05) is 0 Å². The van der Waals surface area contributed by atoms with E-state index in [-0.39, 0.29) is 0 Å². The lowest BCUT2D eigenvalue weighted by molar-refractivity contribution is 0.643. The molecule has 0 aliphatic rings. The first-order chi connectivity index (χ1) is 6.22. The summed E-state index contributed by atoms with van der Waals surface area (Å²) in [5.74, 6) is 0.662. The van der Waals surface area contributed by atoms with Gasteiger partial charge in [0, 0.05) is 24.6 Å². The van der Waals surface area contributed by atoms with Gasteiger partial charge in [0.15, 0.2) is 0 Å². The molecule has 2 nitrogen and oxygen atoms in total.